The zero-order chi connectivity index (χ0) is 21.5. The van der Waals surface area contributed by atoms with E-state index < -0.39 is 0 Å². The summed E-state index contributed by atoms with van der Waals surface area (Å²) in [7, 11) is 1.56. The Morgan fingerprint density at radius 2 is 1.68 bits per heavy atom. The summed E-state index contributed by atoms with van der Waals surface area (Å²) in [6.45, 7) is 1.98. The van der Waals surface area contributed by atoms with Gasteiger partial charge in [-0.2, -0.15) is 0 Å². The van der Waals surface area contributed by atoms with Crippen molar-refractivity contribution in [3.63, 3.8) is 0 Å². The van der Waals surface area contributed by atoms with Gasteiger partial charge in [0.2, 0.25) is 0 Å². The maximum absolute atomic E-state index is 12.2. The summed E-state index contributed by atoms with van der Waals surface area (Å²) in [5, 5.41) is 11.6. The monoisotopic (exact) mass is 418 g/mol. The summed E-state index contributed by atoms with van der Waals surface area (Å²) < 4.78 is 10.8. The largest absolute Gasteiger partial charge is 0.493 e. The average Bonchev–Trinajstić information content (AvgIpc) is 2.84. The minimum atomic E-state index is -0.246. The van der Waals surface area contributed by atoms with E-state index in [-0.39, 0.29) is 12.5 Å². The predicted octanol–water partition coefficient (Wildman–Crippen LogP) is 4.16. The lowest BCUT2D eigenvalue weighted by atomic mass is 10.1. The molecule has 1 aliphatic rings. The third kappa shape index (κ3) is 5.31. The minimum absolute atomic E-state index is 0.106. The van der Waals surface area contributed by atoms with Gasteiger partial charge in [0.1, 0.15) is 0 Å². The Morgan fingerprint density at radius 3 is 2.35 bits per heavy atom. The van der Waals surface area contributed by atoms with Crippen molar-refractivity contribution in [2.45, 2.75) is 19.3 Å². The quantitative estimate of drug-likeness (QED) is 0.621. The Balaban J connectivity index is 1.33. The smallest absolute Gasteiger partial charge is 0.262 e. The van der Waals surface area contributed by atoms with Gasteiger partial charge in [-0.15, -0.1) is 10.2 Å². The molecule has 0 spiro atoms. The first-order valence-electron chi connectivity index (χ1n) is 10.5. The minimum Gasteiger partial charge on any atom is -0.493 e. The van der Waals surface area contributed by atoms with Gasteiger partial charge in [-0.3, -0.25) is 4.79 Å². The lowest BCUT2D eigenvalue weighted by Gasteiger charge is -2.27. The number of amides is 1. The molecule has 2 heterocycles. The lowest BCUT2D eigenvalue weighted by molar-refractivity contribution is -0.118. The molecule has 0 atom stereocenters. The number of hydrogen-bond donors (Lipinski definition) is 1. The van der Waals surface area contributed by atoms with Crippen LogP contribution in [0.15, 0.2) is 60.7 Å². The van der Waals surface area contributed by atoms with Crippen LogP contribution in [0.3, 0.4) is 0 Å². The highest BCUT2D eigenvalue weighted by atomic mass is 16.5. The molecule has 1 N–H and O–H groups in total. The first-order valence-corrected chi connectivity index (χ1v) is 10.5. The number of piperidine rings is 1. The number of nitrogens with one attached hydrogen (secondary N) is 1. The summed E-state index contributed by atoms with van der Waals surface area (Å²) in [5.41, 5.74) is 2.44. The standard InChI is InChI=1S/C24H26N4O3/c1-30-21-7-3-4-8-22(21)31-17-24(29)25-19-11-9-18(10-12-19)20-13-14-23(27-26-20)28-15-5-2-6-16-28/h3-4,7-14H,2,5-6,15-17H2,1H3,(H,25,29). The number of para-hydroxylation sites is 2. The molecule has 3 aromatic rings. The topological polar surface area (TPSA) is 76.6 Å². The van der Waals surface area contributed by atoms with Crippen LogP contribution in [0.25, 0.3) is 11.3 Å². The molecule has 160 valence electrons. The zero-order valence-corrected chi connectivity index (χ0v) is 17.6. The molecule has 0 radical (unpaired) electrons. The van der Waals surface area contributed by atoms with Crippen LogP contribution in [0.2, 0.25) is 0 Å². The fourth-order valence-corrected chi connectivity index (χ4v) is 3.57. The summed E-state index contributed by atoms with van der Waals surface area (Å²) in [5.74, 6) is 1.81. The number of hydrogen-bond acceptors (Lipinski definition) is 6. The molecule has 2 aromatic carbocycles. The third-order valence-electron chi connectivity index (χ3n) is 5.22. The number of benzene rings is 2. The molecule has 1 saturated heterocycles. The Kier molecular flexibility index (Phi) is 6.62. The first-order chi connectivity index (χ1) is 15.2. The fourth-order valence-electron chi connectivity index (χ4n) is 3.57. The SMILES string of the molecule is COc1ccccc1OCC(=O)Nc1ccc(-c2ccc(N3CCCCC3)nn2)cc1. The van der Waals surface area contributed by atoms with Gasteiger partial charge < -0.3 is 19.7 Å². The highest BCUT2D eigenvalue weighted by Crippen LogP contribution is 2.26. The van der Waals surface area contributed by atoms with E-state index in [2.05, 4.69) is 20.4 Å². The van der Waals surface area contributed by atoms with Gasteiger partial charge in [-0.1, -0.05) is 24.3 Å². The van der Waals surface area contributed by atoms with Gasteiger partial charge in [0.05, 0.1) is 12.8 Å². The normalized spacial score (nSPS) is 13.5. The average molecular weight is 418 g/mol. The second kappa shape index (κ2) is 9.93. The molecule has 1 fully saturated rings. The molecule has 1 aliphatic heterocycles. The van der Waals surface area contributed by atoms with Crippen molar-refractivity contribution >= 4 is 17.4 Å². The number of ether oxygens (including phenoxy) is 2. The number of methoxy groups -OCH3 is 1. The molecule has 1 aromatic heterocycles. The van der Waals surface area contributed by atoms with E-state index in [9.17, 15) is 4.79 Å². The van der Waals surface area contributed by atoms with Crippen LogP contribution in [-0.4, -0.2) is 42.9 Å². The van der Waals surface area contributed by atoms with Gasteiger partial charge >= 0.3 is 0 Å². The molecule has 1 amide bonds. The molecule has 31 heavy (non-hydrogen) atoms. The van der Waals surface area contributed by atoms with Gasteiger partial charge in [0.25, 0.3) is 5.91 Å². The number of carbonyl (C=O) groups excluding carboxylic acids is 1. The van der Waals surface area contributed by atoms with Gasteiger partial charge in [-0.25, -0.2) is 0 Å². The van der Waals surface area contributed by atoms with Crippen LogP contribution in [0.5, 0.6) is 11.5 Å². The van der Waals surface area contributed by atoms with Crippen molar-refractivity contribution < 1.29 is 14.3 Å². The number of aromatic nitrogens is 2. The molecule has 0 bridgehead atoms. The maximum atomic E-state index is 12.2. The Hall–Kier alpha value is -3.61. The Labute approximate surface area is 182 Å². The van der Waals surface area contributed by atoms with Crippen LogP contribution in [0, 0.1) is 0 Å². The van der Waals surface area contributed by atoms with Crippen molar-refractivity contribution in [1.29, 1.82) is 0 Å². The summed E-state index contributed by atoms with van der Waals surface area (Å²) in [4.78, 5) is 14.5. The Bertz CT molecular complexity index is 1000. The lowest BCUT2D eigenvalue weighted by Crippen LogP contribution is -2.30. The number of carbonyl (C=O) groups is 1. The van der Waals surface area contributed by atoms with Crippen molar-refractivity contribution in [3.8, 4) is 22.8 Å². The van der Waals surface area contributed by atoms with E-state index in [1.165, 1.54) is 19.3 Å². The summed E-state index contributed by atoms with van der Waals surface area (Å²) in [6, 6.07) is 18.8. The van der Waals surface area contributed by atoms with Crippen molar-refractivity contribution in [3.05, 3.63) is 60.7 Å². The van der Waals surface area contributed by atoms with E-state index in [4.69, 9.17) is 9.47 Å². The molecular weight excluding hydrogens is 392 g/mol. The van der Waals surface area contributed by atoms with E-state index in [0.717, 1.165) is 30.2 Å². The highest BCUT2D eigenvalue weighted by molar-refractivity contribution is 5.92. The second-order valence-corrected chi connectivity index (χ2v) is 7.39. The van der Waals surface area contributed by atoms with Gasteiger partial charge in [0, 0.05) is 24.3 Å². The molecule has 0 unspecified atom stereocenters. The molecule has 4 rings (SSSR count). The predicted molar refractivity (Wildman–Crippen MR) is 121 cm³/mol. The number of anilines is 2. The summed E-state index contributed by atoms with van der Waals surface area (Å²) in [6.07, 6.45) is 3.71. The third-order valence-corrected chi connectivity index (χ3v) is 5.22. The molecule has 7 heteroatoms. The van der Waals surface area contributed by atoms with Crippen molar-refractivity contribution in [2.75, 3.05) is 37.0 Å². The molecule has 0 aliphatic carbocycles. The first kappa shape index (κ1) is 20.7. The van der Waals surface area contributed by atoms with Gasteiger partial charge in [0.15, 0.2) is 23.9 Å². The van der Waals surface area contributed by atoms with Crippen molar-refractivity contribution in [2.24, 2.45) is 0 Å². The number of nitrogens with zero attached hydrogens (tertiary/aromatic N) is 3. The van der Waals surface area contributed by atoms with Crippen LogP contribution in [-0.2, 0) is 4.79 Å². The van der Waals surface area contributed by atoms with E-state index in [1.54, 1.807) is 19.2 Å². The van der Waals surface area contributed by atoms with Gasteiger partial charge in [-0.05, 0) is 55.7 Å². The van der Waals surface area contributed by atoms with Crippen molar-refractivity contribution in [1.82, 2.24) is 10.2 Å². The van der Waals surface area contributed by atoms with Crippen LogP contribution in [0.4, 0.5) is 11.5 Å². The van der Waals surface area contributed by atoms with Crippen LogP contribution in [0.1, 0.15) is 19.3 Å². The zero-order valence-electron chi connectivity index (χ0n) is 17.6. The Morgan fingerprint density at radius 1 is 0.935 bits per heavy atom. The molecule has 0 saturated carbocycles. The van der Waals surface area contributed by atoms with E-state index >= 15 is 0 Å². The van der Waals surface area contributed by atoms with Crippen LogP contribution < -0.4 is 19.7 Å². The van der Waals surface area contributed by atoms with E-state index in [0.29, 0.717) is 17.2 Å². The number of rotatable bonds is 7. The molecular formula is C24H26N4O3. The maximum Gasteiger partial charge on any atom is 0.262 e. The van der Waals surface area contributed by atoms with E-state index in [1.807, 2.05) is 48.5 Å². The summed E-state index contributed by atoms with van der Waals surface area (Å²) >= 11 is 0. The second-order valence-electron chi connectivity index (χ2n) is 7.39. The fraction of sp³-hybridized carbons (Fsp3) is 0.292. The molecule has 7 nitrogen and oxygen atoms in total. The highest BCUT2D eigenvalue weighted by Gasteiger charge is 2.13. The van der Waals surface area contributed by atoms with Crippen LogP contribution >= 0.6 is 0 Å².